The Morgan fingerprint density at radius 2 is 1.86 bits per heavy atom. The Morgan fingerprint density at radius 3 is 2.56 bits per heavy atom. The van der Waals surface area contributed by atoms with Crippen LogP contribution in [0.1, 0.15) is 43.2 Å². The number of nitrogens with one attached hydrogen (secondary N) is 1. The third-order valence-electron chi connectivity index (χ3n) is 6.97. The molecule has 0 radical (unpaired) electrons. The topological polar surface area (TPSA) is 128 Å². The zero-order chi connectivity index (χ0) is 24.6. The molecule has 0 saturated heterocycles. The Balaban J connectivity index is 1.27. The van der Waals surface area contributed by atoms with Crippen LogP contribution in [0.15, 0.2) is 68.5 Å². The molecule has 0 amide bonds. The lowest BCUT2D eigenvalue weighted by molar-refractivity contribution is 0.299. The van der Waals surface area contributed by atoms with Gasteiger partial charge in [-0.1, -0.05) is 36.4 Å². The monoisotopic (exact) mass is 545 g/mol. The molecule has 9 nitrogen and oxygen atoms in total. The van der Waals surface area contributed by atoms with E-state index in [1.54, 1.807) is 10.7 Å². The normalized spacial score (nSPS) is 18.0. The quantitative estimate of drug-likeness (QED) is 0.318. The summed E-state index contributed by atoms with van der Waals surface area (Å²) in [6.45, 7) is 0. The van der Waals surface area contributed by atoms with E-state index in [9.17, 15) is 4.79 Å². The second kappa shape index (κ2) is 9.34. The molecule has 0 atom stereocenters. The summed E-state index contributed by atoms with van der Waals surface area (Å²) in [5.41, 5.74) is 12.0. The summed E-state index contributed by atoms with van der Waals surface area (Å²) < 4.78 is 7.56. The van der Waals surface area contributed by atoms with Gasteiger partial charge >= 0.3 is 5.76 Å². The summed E-state index contributed by atoms with van der Waals surface area (Å²) in [5, 5.41) is 10.8. The minimum Gasteiger partial charge on any atom is -0.392 e. The fourth-order valence-corrected chi connectivity index (χ4v) is 5.64. The van der Waals surface area contributed by atoms with Crippen LogP contribution in [-0.2, 0) is 6.42 Å². The maximum atomic E-state index is 11.2. The number of H-pyrrole nitrogens is 1. The van der Waals surface area contributed by atoms with Gasteiger partial charge in [-0.2, -0.15) is 9.61 Å². The van der Waals surface area contributed by atoms with Crippen molar-refractivity contribution in [2.24, 2.45) is 5.92 Å². The molecule has 1 aliphatic carbocycles. The van der Waals surface area contributed by atoms with E-state index in [2.05, 4.69) is 36.2 Å². The number of rotatable bonds is 5. The molecule has 10 heteroatoms. The molecule has 36 heavy (non-hydrogen) atoms. The molecule has 3 N–H and O–H groups in total. The highest BCUT2D eigenvalue weighted by Gasteiger charge is 2.28. The predicted octanol–water partition coefficient (Wildman–Crippen LogP) is 5.00. The van der Waals surface area contributed by atoms with Crippen LogP contribution in [0, 0.1) is 5.92 Å². The van der Waals surface area contributed by atoms with Crippen molar-refractivity contribution >= 4 is 27.4 Å². The summed E-state index contributed by atoms with van der Waals surface area (Å²) in [6.07, 6.45) is 8.25. The van der Waals surface area contributed by atoms with Crippen LogP contribution in [-0.4, -0.2) is 29.8 Å². The number of nitrogens with two attached hydrogens (primary N) is 1. The Hall–Kier alpha value is -3.79. The average molecular weight is 546 g/mol. The molecular weight excluding hydrogens is 522 g/mol. The maximum Gasteiger partial charge on any atom is 0.434 e. The minimum absolute atomic E-state index is 0.274. The number of aromatic nitrogens is 6. The second-order valence-corrected chi connectivity index (χ2v) is 10.0. The molecule has 6 rings (SSSR count). The Morgan fingerprint density at radius 1 is 1.06 bits per heavy atom. The number of pyridine rings is 1. The minimum atomic E-state index is -0.503. The summed E-state index contributed by atoms with van der Waals surface area (Å²) in [4.78, 5) is 20.9. The van der Waals surface area contributed by atoms with Gasteiger partial charge in [-0.05, 0) is 53.6 Å². The third kappa shape index (κ3) is 4.21. The smallest absolute Gasteiger partial charge is 0.392 e. The van der Waals surface area contributed by atoms with E-state index in [-0.39, 0.29) is 5.92 Å². The fraction of sp³-hybridized carbons (Fsp3) is 0.269. The van der Waals surface area contributed by atoms with Crippen molar-refractivity contribution in [2.75, 3.05) is 5.73 Å². The standard InChI is InChI=1S/C26H24BrN7O2/c27-22-23(17-8-6-15(7-9-17)12-21-32-33-26(35)36-21)31-25-19(14-30-34(25)24(22)28)18-10-11-20(29-13-18)16-4-2-1-3-5-16/h1-5,10-11,13-15,17H,6-9,12,28H2,(H,33,35). The SMILES string of the molecule is Nc1c(Br)c(C2CCC(Cc3n[nH]c(=O)o3)CC2)nc2c(-c3ccc(-c4ccccc4)nc3)cnn12. The van der Waals surface area contributed by atoms with Crippen LogP contribution < -0.4 is 11.5 Å². The Kier molecular flexibility index (Phi) is 5.88. The molecule has 0 aliphatic heterocycles. The van der Waals surface area contributed by atoms with Gasteiger partial charge in [-0.3, -0.25) is 4.98 Å². The number of hydrogen-bond acceptors (Lipinski definition) is 7. The zero-order valence-electron chi connectivity index (χ0n) is 19.4. The van der Waals surface area contributed by atoms with Gasteiger partial charge < -0.3 is 10.2 Å². The number of fused-ring (bicyclic) bond motifs is 1. The zero-order valence-corrected chi connectivity index (χ0v) is 21.0. The van der Waals surface area contributed by atoms with Crippen molar-refractivity contribution in [3.05, 3.63) is 81.5 Å². The molecule has 1 saturated carbocycles. The molecule has 5 aromatic rings. The van der Waals surface area contributed by atoms with Crippen molar-refractivity contribution in [3.8, 4) is 22.4 Å². The average Bonchev–Trinajstić information content (AvgIpc) is 3.53. The molecule has 0 unspecified atom stereocenters. The van der Waals surface area contributed by atoms with E-state index in [0.717, 1.165) is 63.9 Å². The van der Waals surface area contributed by atoms with E-state index < -0.39 is 5.76 Å². The number of anilines is 1. The first-order valence-corrected chi connectivity index (χ1v) is 12.7. The van der Waals surface area contributed by atoms with Gasteiger partial charge in [0.15, 0.2) is 5.65 Å². The lowest BCUT2D eigenvalue weighted by Gasteiger charge is -2.28. The fourth-order valence-electron chi connectivity index (χ4n) is 5.06. The van der Waals surface area contributed by atoms with E-state index in [1.165, 1.54) is 0 Å². The van der Waals surface area contributed by atoms with E-state index in [0.29, 0.717) is 24.0 Å². The molecule has 0 bridgehead atoms. The van der Waals surface area contributed by atoms with E-state index >= 15 is 0 Å². The van der Waals surface area contributed by atoms with Gasteiger partial charge in [0, 0.05) is 35.2 Å². The predicted molar refractivity (Wildman–Crippen MR) is 139 cm³/mol. The molecule has 4 aromatic heterocycles. The maximum absolute atomic E-state index is 11.2. The number of halogens is 1. The first-order valence-electron chi connectivity index (χ1n) is 12.0. The Labute approximate surface area is 214 Å². The lowest BCUT2D eigenvalue weighted by Crippen LogP contribution is -2.18. The molecule has 4 heterocycles. The number of nitrogens with zero attached hydrogens (tertiary/aromatic N) is 5. The van der Waals surface area contributed by atoms with Gasteiger partial charge in [0.2, 0.25) is 5.89 Å². The van der Waals surface area contributed by atoms with Crippen LogP contribution in [0.5, 0.6) is 0 Å². The van der Waals surface area contributed by atoms with Crippen molar-refractivity contribution in [1.82, 2.24) is 29.8 Å². The molecule has 182 valence electrons. The van der Waals surface area contributed by atoms with Crippen LogP contribution in [0.3, 0.4) is 0 Å². The van der Waals surface area contributed by atoms with Crippen LogP contribution >= 0.6 is 15.9 Å². The van der Waals surface area contributed by atoms with Crippen molar-refractivity contribution in [2.45, 2.75) is 38.0 Å². The van der Waals surface area contributed by atoms with Gasteiger partial charge in [-0.25, -0.2) is 14.9 Å². The van der Waals surface area contributed by atoms with Crippen molar-refractivity contribution in [1.29, 1.82) is 0 Å². The third-order valence-corrected chi connectivity index (χ3v) is 7.78. The largest absolute Gasteiger partial charge is 0.434 e. The van der Waals surface area contributed by atoms with Crippen molar-refractivity contribution < 1.29 is 4.42 Å². The highest BCUT2D eigenvalue weighted by molar-refractivity contribution is 9.10. The summed E-state index contributed by atoms with van der Waals surface area (Å²) in [5.74, 6) is 1.21. The molecule has 1 aliphatic rings. The lowest BCUT2D eigenvalue weighted by atomic mass is 9.79. The summed E-state index contributed by atoms with van der Waals surface area (Å²) in [7, 11) is 0. The molecule has 0 spiro atoms. The van der Waals surface area contributed by atoms with Gasteiger partial charge in [0.05, 0.1) is 22.1 Å². The van der Waals surface area contributed by atoms with Crippen molar-refractivity contribution in [3.63, 3.8) is 0 Å². The highest BCUT2D eigenvalue weighted by Crippen LogP contribution is 2.41. The number of nitrogen functional groups attached to an aromatic ring is 1. The highest BCUT2D eigenvalue weighted by atomic mass is 79.9. The second-order valence-electron chi connectivity index (χ2n) is 9.22. The number of benzene rings is 1. The molecule has 1 fully saturated rings. The van der Waals surface area contributed by atoms with Gasteiger partial charge in [0.1, 0.15) is 5.82 Å². The number of aromatic amines is 1. The summed E-state index contributed by atoms with van der Waals surface area (Å²) >= 11 is 3.68. The molecular formula is C26H24BrN7O2. The van der Waals surface area contributed by atoms with E-state index in [4.69, 9.17) is 15.1 Å². The van der Waals surface area contributed by atoms with E-state index in [1.807, 2.05) is 48.7 Å². The Bertz CT molecular complexity index is 1570. The van der Waals surface area contributed by atoms with Gasteiger partial charge in [0.25, 0.3) is 0 Å². The summed E-state index contributed by atoms with van der Waals surface area (Å²) in [6, 6.07) is 14.2. The number of hydrogen-bond donors (Lipinski definition) is 2. The van der Waals surface area contributed by atoms with Crippen LogP contribution in [0.2, 0.25) is 0 Å². The van der Waals surface area contributed by atoms with Crippen LogP contribution in [0.4, 0.5) is 5.82 Å². The molecule has 1 aromatic carbocycles. The van der Waals surface area contributed by atoms with Gasteiger partial charge in [-0.15, -0.1) is 5.10 Å². The van der Waals surface area contributed by atoms with Crippen LogP contribution in [0.25, 0.3) is 28.0 Å². The first kappa shape index (κ1) is 22.7. The first-order chi connectivity index (χ1) is 17.6.